The highest BCUT2D eigenvalue weighted by Crippen LogP contribution is 2.13. The van der Waals surface area contributed by atoms with Gasteiger partial charge in [0.2, 0.25) is 0 Å². The van der Waals surface area contributed by atoms with E-state index in [4.69, 9.17) is 4.74 Å². The van der Waals surface area contributed by atoms with E-state index in [2.05, 4.69) is 11.1 Å². The summed E-state index contributed by atoms with van der Waals surface area (Å²) in [5.74, 6) is 0. The van der Waals surface area contributed by atoms with Crippen LogP contribution in [-0.4, -0.2) is 29.9 Å². The number of ether oxygens (including phenoxy) is 1. The van der Waals surface area contributed by atoms with Gasteiger partial charge in [0.05, 0.1) is 18.2 Å². The SMILES string of the molecule is COCC(O)CCc1ccc2ccccc2n1. The number of hydrogen-bond donors (Lipinski definition) is 1. The highest BCUT2D eigenvalue weighted by molar-refractivity contribution is 5.78. The molecular weight excluding hydrogens is 214 g/mol. The zero-order chi connectivity index (χ0) is 12.1. The molecule has 1 aromatic heterocycles. The van der Waals surface area contributed by atoms with Crippen LogP contribution in [0.5, 0.6) is 0 Å². The molecule has 2 aromatic rings. The number of rotatable bonds is 5. The highest BCUT2D eigenvalue weighted by atomic mass is 16.5. The third-order valence-corrected chi connectivity index (χ3v) is 2.75. The molecule has 1 N–H and O–H groups in total. The van der Waals surface area contributed by atoms with Crippen molar-refractivity contribution in [2.24, 2.45) is 0 Å². The van der Waals surface area contributed by atoms with E-state index in [-0.39, 0.29) is 0 Å². The zero-order valence-electron chi connectivity index (χ0n) is 9.97. The molecule has 17 heavy (non-hydrogen) atoms. The summed E-state index contributed by atoms with van der Waals surface area (Å²) >= 11 is 0. The van der Waals surface area contributed by atoms with Crippen molar-refractivity contribution in [2.45, 2.75) is 18.9 Å². The number of aliphatic hydroxyl groups is 1. The van der Waals surface area contributed by atoms with E-state index in [1.165, 1.54) is 0 Å². The Balaban J connectivity index is 2.04. The fraction of sp³-hybridized carbons (Fsp3) is 0.357. The summed E-state index contributed by atoms with van der Waals surface area (Å²) in [5.41, 5.74) is 2.02. The predicted octanol–water partition coefficient (Wildman–Crippen LogP) is 2.17. The molecule has 2 rings (SSSR count). The lowest BCUT2D eigenvalue weighted by Gasteiger charge is -2.08. The molecule has 0 aliphatic carbocycles. The highest BCUT2D eigenvalue weighted by Gasteiger charge is 2.05. The maximum atomic E-state index is 9.57. The fourth-order valence-electron chi connectivity index (χ4n) is 1.84. The number of hydrogen-bond acceptors (Lipinski definition) is 3. The molecule has 0 aliphatic rings. The average molecular weight is 231 g/mol. The van der Waals surface area contributed by atoms with E-state index in [0.717, 1.165) is 23.0 Å². The van der Waals surface area contributed by atoms with E-state index >= 15 is 0 Å². The van der Waals surface area contributed by atoms with Crippen molar-refractivity contribution in [3.8, 4) is 0 Å². The third kappa shape index (κ3) is 3.25. The van der Waals surface area contributed by atoms with E-state index in [0.29, 0.717) is 13.0 Å². The Labute approximate surface area is 101 Å². The number of nitrogens with zero attached hydrogens (tertiary/aromatic N) is 1. The standard InChI is InChI=1S/C14H17NO2/c1-17-10-13(16)9-8-12-7-6-11-4-2-3-5-14(11)15-12/h2-7,13,16H,8-10H2,1H3. The fourth-order valence-corrected chi connectivity index (χ4v) is 1.84. The van der Waals surface area contributed by atoms with E-state index in [1.54, 1.807) is 7.11 Å². The Morgan fingerprint density at radius 2 is 2.06 bits per heavy atom. The topological polar surface area (TPSA) is 42.4 Å². The van der Waals surface area contributed by atoms with Gasteiger partial charge in [0, 0.05) is 18.2 Å². The summed E-state index contributed by atoms with van der Waals surface area (Å²) in [6, 6.07) is 12.1. The molecule has 0 fully saturated rings. The Kier molecular flexibility index (Phi) is 4.07. The summed E-state index contributed by atoms with van der Waals surface area (Å²) in [6.45, 7) is 0.383. The molecule has 0 saturated carbocycles. The quantitative estimate of drug-likeness (QED) is 0.857. The molecule has 1 aromatic carbocycles. The summed E-state index contributed by atoms with van der Waals surface area (Å²) in [5, 5.41) is 10.7. The second kappa shape index (κ2) is 5.75. The number of aryl methyl sites for hydroxylation is 1. The van der Waals surface area contributed by atoms with E-state index in [9.17, 15) is 5.11 Å². The van der Waals surface area contributed by atoms with Gasteiger partial charge < -0.3 is 9.84 Å². The van der Waals surface area contributed by atoms with Crippen molar-refractivity contribution in [3.05, 3.63) is 42.1 Å². The first kappa shape index (κ1) is 12.0. The van der Waals surface area contributed by atoms with E-state index < -0.39 is 6.10 Å². The maximum Gasteiger partial charge on any atom is 0.0777 e. The lowest BCUT2D eigenvalue weighted by atomic mass is 10.1. The van der Waals surface area contributed by atoms with Gasteiger partial charge in [0.1, 0.15) is 0 Å². The van der Waals surface area contributed by atoms with Crippen molar-refractivity contribution in [3.63, 3.8) is 0 Å². The maximum absolute atomic E-state index is 9.57. The third-order valence-electron chi connectivity index (χ3n) is 2.75. The van der Waals surface area contributed by atoms with Crippen molar-refractivity contribution in [1.29, 1.82) is 0 Å². The van der Waals surface area contributed by atoms with Gasteiger partial charge in [-0.2, -0.15) is 0 Å². The first-order valence-corrected chi connectivity index (χ1v) is 5.81. The largest absolute Gasteiger partial charge is 0.391 e. The zero-order valence-corrected chi connectivity index (χ0v) is 9.97. The van der Waals surface area contributed by atoms with Crippen LogP contribution >= 0.6 is 0 Å². The molecule has 0 aliphatic heterocycles. The van der Waals surface area contributed by atoms with Gasteiger partial charge in [-0.05, 0) is 25.0 Å². The van der Waals surface area contributed by atoms with Gasteiger partial charge in [-0.15, -0.1) is 0 Å². The van der Waals surface area contributed by atoms with Crippen molar-refractivity contribution in [2.75, 3.05) is 13.7 Å². The van der Waals surface area contributed by atoms with Crippen LogP contribution in [0.3, 0.4) is 0 Å². The second-order valence-corrected chi connectivity index (χ2v) is 4.14. The molecule has 0 bridgehead atoms. The molecule has 3 heteroatoms. The minimum Gasteiger partial charge on any atom is -0.391 e. The van der Waals surface area contributed by atoms with Crippen LogP contribution in [-0.2, 0) is 11.2 Å². The van der Waals surface area contributed by atoms with Crippen molar-refractivity contribution < 1.29 is 9.84 Å². The number of fused-ring (bicyclic) bond motifs is 1. The normalized spacial score (nSPS) is 12.8. The van der Waals surface area contributed by atoms with Crippen LogP contribution in [0.1, 0.15) is 12.1 Å². The van der Waals surface area contributed by atoms with Crippen LogP contribution in [0, 0.1) is 0 Å². The minimum absolute atomic E-state index is 0.383. The molecule has 0 spiro atoms. The van der Waals surface area contributed by atoms with Crippen LogP contribution in [0.25, 0.3) is 10.9 Å². The molecule has 3 nitrogen and oxygen atoms in total. The molecule has 1 heterocycles. The van der Waals surface area contributed by atoms with E-state index in [1.807, 2.05) is 30.3 Å². The van der Waals surface area contributed by atoms with Gasteiger partial charge in [0.25, 0.3) is 0 Å². The van der Waals surface area contributed by atoms with Gasteiger partial charge in [-0.1, -0.05) is 24.3 Å². The first-order valence-electron chi connectivity index (χ1n) is 5.81. The molecule has 0 amide bonds. The molecule has 0 radical (unpaired) electrons. The van der Waals surface area contributed by atoms with Crippen LogP contribution in [0.4, 0.5) is 0 Å². The Morgan fingerprint density at radius 3 is 2.88 bits per heavy atom. The molecule has 1 unspecified atom stereocenters. The number of aromatic nitrogens is 1. The molecular formula is C14H17NO2. The lowest BCUT2D eigenvalue weighted by Crippen LogP contribution is -2.14. The van der Waals surface area contributed by atoms with Gasteiger partial charge in [0.15, 0.2) is 0 Å². The first-order chi connectivity index (χ1) is 8.29. The van der Waals surface area contributed by atoms with Crippen LogP contribution < -0.4 is 0 Å². The monoisotopic (exact) mass is 231 g/mol. The second-order valence-electron chi connectivity index (χ2n) is 4.14. The summed E-state index contributed by atoms with van der Waals surface area (Å²) < 4.78 is 4.89. The Morgan fingerprint density at radius 1 is 1.24 bits per heavy atom. The number of para-hydroxylation sites is 1. The molecule has 90 valence electrons. The number of aliphatic hydroxyl groups excluding tert-OH is 1. The van der Waals surface area contributed by atoms with Crippen LogP contribution in [0.2, 0.25) is 0 Å². The summed E-state index contributed by atoms with van der Waals surface area (Å²) in [7, 11) is 1.59. The molecule has 0 saturated heterocycles. The predicted molar refractivity (Wildman–Crippen MR) is 67.9 cm³/mol. The number of pyridine rings is 1. The average Bonchev–Trinajstić information content (AvgIpc) is 2.36. The van der Waals surface area contributed by atoms with Crippen LogP contribution in [0.15, 0.2) is 36.4 Å². The Bertz CT molecular complexity index is 484. The minimum atomic E-state index is -0.409. The lowest BCUT2D eigenvalue weighted by molar-refractivity contribution is 0.0594. The molecule has 1 atom stereocenters. The van der Waals surface area contributed by atoms with Gasteiger partial charge >= 0.3 is 0 Å². The van der Waals surface area contributed by atoms with Gasteiger partial charge in [-0.25, -0.2) is 0 Å². The summed E-state index contributed by atoms with van der Waals surface area (Å²) in [6.07, 6.45) is 1.04. The number of benzene rings is 1. The Hall–Kier alpha value is -1.45. The van der Waals surface area contributed by atoms with Crippen molar-refractivity contribution >= 4 is 10.9 Å². The summed E-state index contributed by atoms with van der Waals surface area (Å²) in [4.78, 5) is 4.56. The smallest absolute Gasteiger partial charge is 0.0777 e. The number of methoxy groups -OCH3 is 1. The van der Waals surface area contributed by atoms with Gasteiger partial charge in [-0.3, -0.25) is 4.98 Å². The van der Waals surface area contributed by atoms with Crippen molar-refractivity contribution in [1.82, 2.24) is 4.98 Å².